The first-order valence-corrected chi connectivity index (χ1v) is 7.83. The van der Waals surface area contributed by atoms with Crippen LogP contribution in [0.1, 0.15) is 5.56 Å². The molecule has 2 heterocycles. The van der Waals surface area contributed by atoms with Gasteiger partial charge in [0, 0.05) is 32.1 Å². The van der Waals surface area contributed by atoms with Gasteiger partial charge in [-0.1, -0.05) is 30.3 Å². The number of hydrogen-bond donors (Lipinski definition) is 0. The maximum atomic E-state index is 7.10. The predicted molar refractivity (Wildman–Crippen MR) is 80.1 cm³/mol. The van der Waals surface area contributed by atoms with E-state index in [1.165, 1.54) is 5.56 Å². The molecule has 3 atom stereocenters. The molecule has 0 aromatic heterocycles. The number of piperidine rings is 1. The number of fused-ring (bicyclic) bond motifs is 1. The maximum Gasteiger partial charge on any atom is 0.0863 e. The van der Waals surface area contributed by atoms with Crippen LogP contribution in [0, 0.1) is 5.92 Å². The van der Waals surface area contributed by atoms with Gasteiger partial charge in [0.2, 0.25) is 0 Å². The Labute approximate surface area is 125 Å². The summed E-state index contributed by atoms with van der Waals surface area (Å²) in [4.78, 5) is 4.82. The third-order valence-electron chi connectivity index (χ3n) is 5.32. The molecule has 4 heteroatoms. The number of hydrogen-bond acceptors (Lipinski definition) is 3. The van der Waals surface area contributed by atoms with Gasteiger partial charge >= 0.3 is 0 Å². The molecule has 1 aromatic rings. The molecule has 1 saturated carbocycles. The van der Waals surface area contributed by atoms with Crippen LogP contribution in [0.5, 0.6) is 0 Å². The molecule has 3 aliphatic rings. The summed E-state index contributed by atoms with van der Waals surface area (Å²) in [6, 6.07) is 10.8. The molecule has 2 aliphatic heterocycles. The van der Waals surface area contributed by atoms with E-state index in [0.717, 1.165) is 39.4 Å². The zero-order valence-corrected chi connectivity index (χ0v) is 12.6. The van der Waals surface area contributed by atoms with Crippen LogP contribution in [-0.2, 0) is 10.3 Å². The second-order valence-corrected chi connectivity index (χ2v) is 7.02. The lowest BCUT2D eigenvalue weighted by Crippen LogP contribution is -2.50. The van der Waals surface area contributed by atoms with E-state index in [2.05, 4.69) is 47.2 Å². The number of morpholine rings is 1. The highest BCUT2D eigenvalue weighted by Gasteiger charge is 2.81. The molecule has 4 rings (SSSR count). The molecule has 0 bridgehead atoms. The number of nitrogens with zero attached hydrogens (tertiary/aromatic N) is 2. The molecule has 20 heavy (non-hydrogen) atoms. The van der Waals surface area contributed by atoms with Crippen molar-refractivity contribution in [1.82, 2.24) is 9.80 Å². The van der Waals surface area contributed by atoms with Gasteiger partial charge in [0.25, 0.3) is 0 Å². The molecule has 2 saturated heterocycles. The lowest BCUT2D eigenvalue weighted by atomic mass is 9.96. The van der Waals surface area contributed by atoms with Gasteiger partial charge in [-0.15, -0.1) is 11.6 Å². The minimum Gasteiger partial charge on any atom is -0.379 e. The number of rotatable bonds is 2. The van der Waals surface area contributed by atoms with E-state index in [9.17, 15) is 0 Å². The van der Waals surface area contributed by atoms with Crippen LogP contribution < -0.4 is 0 Å². The number of alkyl halides is 1. The topological polar surface area (TPSA) is 15.7 Å². The number of benzene rings is 1. The highest BCUT2D eigenvalue weighted by molar-refractivity contribution is 6.28. The average Bonchev–Trinajstić information content (AvgIpc) is 2.82. The van der Waals surface area contributed by atoms with Crippen molar-refractivity contribution < 1.29 is 4.74 Å². The number of halogens is 1. The van der Waals surface area contributed by atoms with Crippen molar-refractivity contribution in [2.45, 2.75) is 10.4 Å². The van der Waals surface area contributed by atoms with Crippen LogP contribution in [0.3, 0.4) is 0 Å². The van der Waals surface area contributed by atoms with E-state index in [0.29, 0.717) is 5.92 Å². The fourth-order valence-electron chi connectivity index (χ4n) is 4.55. The quantitative estimate of drug-likeness (QED) is 0.773. The first kappa shape index (κ1) is 13.1. The van der Waals surface area contributed by atoms with Crippen LogP contribution >= 0.6 is 11.6 Å². The lowest BCUT2D eigenvalue weighted by molar-refractivity contribution is -0.00386. The summed E-state index contributed by atoms with van der Waals surface area (Å²) >= 11 is 7.10. The summed E-state index contributed by atoms with van der Waals surface area (Å²) in [7, 11) is 2.17. The summed E-state index contributed by atoms with van der Waals surface area (Å²) in [6.45, 7) is 5.70. The zero-order chi connectivity index (χ0) is 13.8. The first-order chi connectivity index (χ1) is 9.69. The van der Waals surface area contributed by atoms with Gasteiger partial charge in [0.05, 0.1) is 23.6 Å². The SMILES string of the molecule is CN1C[C@@H]2[C@](Cl)(C1)[C@]2(c1ccccc1)N1CCOCC1. The molecule has 108 valence electrons. The third kappa shape index (κ3) is 1.52. The van der Waals surface area contributed by atoms with Gasteiger partial charge in [-0.25, -0.2) is 0 Å². The van der Waals surface area contributed by atoms with Crippen LogP contribution in [0.4, 0.5) is 0 Å². The van der Waals surface area contributed by atoms with Crippen LogP contribution in [0.2, 0.25) is 0 Å². The van der Waals surface area contributed by atoms with Gasteiger partial charge in [-0.3, -0.25) is 4.90 Å². The minimum atomic E-state index is -0.125. The molecule has 0 spiro atoms. The van der Waals surface area contributed by atoms with Crippen molar-refractivity contribution in [3.8, 4) is 0 Å². The Kier molecular flexibility index (Phi) is 2.90. The molecule has 3 nitrogen and oxygen atoms in total. The van der Waals surface area contributed by atoms with E-state index in [4.69, 9.17) is 16.3 Å². The fourth-order valence-corrected chi connectivity index (χ4v) is 5.29. The van der Waals surface area contributed by atoms with Crippen molar-refractivity contribution >= 4 is 11.6 Å². The Morgan fingerprint density at radius 2 is 1.90 bits per heavy atom. The molecule has 0 N–H and O–H groups in total. The zero-order valence-electron chi connectivity index (χ0n) is 11.9. The summed E-state index contributed by atoms with van der Waals surface area (Å²) in [5.74, 6) is 0.530. The highest BCUT2D eigenvalue weighted by Crippen LogP contribution is 2.71. The van der Waals surface area contributed by atoms with Crippen molar-refractivity contribution in [3.05, 3.63) is 35.9 Å². The van der Waals surface area contributed by atoms with Crippen LogP contribution in [-0.4, -0.2) is 61.1 Å². The number of likely N-dealkylation sites (tertiary alicyclic amines) is 1. The fraction of sp³-hybridized carbons (Fsp3) is 0.625. The Balaban J connectivity index is 1.76. The van der Waals surface area contributed by atoms with Gasteiger partial charge in [0.1, 0.15) is 0 Å². The lowest BCUT2D eigenvalue weighted by Gasteiger charge is -2.40. The average molecular weight is 293 g/mol. The highest BCUT2D eigenvalue weighted by atomic mass is 35.5. The first-order valence-electron chi connectivity index (χ1n) is 7.45. The summed E-state index contributed by atoms with van der Waals surface area (Å²) in [5.41, 5.74) is 1.40. The number of ether oxygens (including phenoxy) is 1. The summed E-state index contributed by atoms with van der Waals surface area (Å²) in [5, 5.41) is 0. The molecule has 0 amide bonds. The second-order valence-electron chi connectivity index (χ2n) is 6.34. The Morgan fingerprint density at radius 1 is 1.20 bits per heavy atom. The third-order valence-corrected chi connectivity index (χ3v) is 6.00. The largest absolute Gasteiger partial charge is 0.379 e. The van der Waals surface area contributed by atoms with Crippen molar-refractivity contribution in [2.24, 2.45) is 5.92 Å². The molecular weight excluding hydrogens is 272 g/mol. The van der Waals surface area contributed by atoms with Crippen molar-refractivity contribution in [2.75, 3.05) is 46.4 Å². The van der Waals surface area contributed by atoms with E-state index in [1.54, 1.807) is 0 Å². The Morgan fingerprint density at radius 3 is 2.50 bits per heavy atom. The Hall–Kier alpha value is -0.610. The smallest absolute Gasteiger partial charge is 0.0863 e. The summed E-state index contributed by atoms with van der Waals surface area (Å²) < 4.78 is 5.54. The van der Waals surface area contributed by atoms with Crippen molar-refractivity contribution in [3.63, 3.8) is 0 Å². The van der Waals surface area contributed by atoms with E-state index in [1.807, 2.05) is 0 Å². The van der Waals surface area contributed by atoms with Gasteiger partial charge < -0.3 is 9.64 Å². The van der Waals surface area contributed by atoms with E-state index >= 15 is 0 Å². The van der Waals surface area contributed by atoms with Crippen molar-refractivity contribution in [1.29, 1.82) is 0 Å². The monoisotopic (exact) mass is 292 g/mol. The second kappa shape index (κ2) is 4.44. The molecule has 0 unspecified atom stereocenters. The van der Waals surface area contributed by atoms with Gasteiger partial charge in [-0.05, 0) is 12.6 Å². The van der Waals surface area contributed by atoms with Gasteiger partial charge in [-0.2, -0.15) is 0 Å². The normalized spacial score (nSPS) is 41.6. The molecule has 1 aliphatic carbocycles. The standard InChI is InChI=1S/C16H21ClN2O/c1-18-11-14-15(17,12-18)16(14,13-5-3-2-4-6-13)19-7-9-20-10-8-19/h2-6,14H,7-12H2,1H3/t14-,15-,16-/m1/s1. The van der Waals surface area contributed by atoms with Crippen LogP contribution in [0.25, 0.3) is 0 Å². The summed E-state index contributed by atoms with van der Waals surface area (Å²) in [6.07, 6.45) is 0. The molecular formula is C16H21ClN2O. The van der Waals surface area contributed by atoms with E-state index < -0.39 is 0 Å². The molecule has 1 aromatic carbocycles. The molecule has 0 radical (unpaired) electrons. The van der Waals surface area contributed by atoms with Gasteiger partial charge in [0.15, 0.2) is 0 Å². The predicted octanol–water partition coefficient (Wildman–Crippen LogP) is 1.77. The molecule has 3 fully saturated rings. The Bertz CT molecular complexity index is 504. The van der Waals surface area contributed by atoms with Crippen LogP contribution in [0.15, 0.2) is 30.3 Å². The van der Waals surface area contributed by atoms with E-state index in [-0.39, 0.29) is 10.4 Å². The minimum absolute atomic E-state index is 0.0199. The maximum absolute atomic E-state index is 7.10.